The van der Waals surface area contributed by atoms with Crippen molar-refractivity contribution in [3.8, 4) is 0 Å². The lowest BCUT2D eigenvalue weighted by Gasteiger charge is -2.20. The molecule has 2 aromatic carbocycles. The lowest BCUT2D eigenvalue weighted by Crippen LogP contribution is -2.52. The Bertz CT molecular complexity index is 1070. The summed E-state index contributed by atoms with van der Waals surface area (Å²) in [4.78, 5) is 47.9. The number of carboxylic acids is 2. The maximum atomic E-state index is 12.7. The second-order valence-corrected chi connectivity index (χ2v) is 8.48. The molecular weight excluding hydrogens is 464 g/mol. The van der Waals surface area contributed by atoms with Crippen molar-refractivity contribution in [2.24, 2.45) is 5.73 Å². The standard InChI is InChI=1S/C26H32N4O6/c27-24(28)19-12-7-11-17(14-19)8-5-2-6-13-22(31)29-20(16-23(32)33)25(34)30-21(26(35)36)15-18-9-3-1-4-10-18/h1,3-4,7,9-12,14,20-21H,2,5-6,8,13,15-16H2,(H3,27,28)(H,29,31)(H,30,34)(H,32,33)(H,35,36)/t20-,21-/m0/s1. The van der Waals surface area contributed by atoms with Crippen molar-refractivity contribution >= 4 is 29.6 Å². The van der Waals surface area contributed by atoms with Gasteiger partial charge < -0.3 is 26.6 Å². The number of amides is 2. The Balaban J connectivity index is 1.84. The van der Waals surface area contributed by atoms with E-state index in [9.17, 15) is 24.3 Å². The molecule has 192 valence electrons. The lowest BCUT2D eigenvalue weighted by atomic mass is 10.0. The van der Waals surface area contributed by atoms with E-state index in [1.165, 1.54) is 0 Å². The molecule has 2 aromatic rings. The third-order valence-corrected chi connectivity index (χ3v) is 5.53. The Hall–Kier alpha value is -4.21. The fourth-order valence-corrected chi connectivity index (χ4v) is 3.66. The molecule has 0 aliphatic heterocycles. The van der Waals surface area contributed by atoms with Gasteiger partial charge in [0.15, 0.2) is 0 Å². The summed E-state index contributed by atoms with van der Waals surface area (Å²) in [6.45, 7) is 0. The van der Waals surface area contributed by atoms with Crippen LogP contribution < -0.4 is 16.4 Å². The summed E-state index contributed by atoms with van der Waals surface area (Å²) in [7, 11) is 0. The number of nitrogens with one attached hydrogen (secondary N) is 3. The van der Waals surface area contributed by atoms with Gasteiger partial charge in [-0.3, -0.25) is 19.8 Å². The lowest BCUT2D eigenvalue weighted by molar-refractivity contribution is -0.143. The third kappa shape index (κ3) is 9.96. The zero-order chi connectivity index (χ0) is 26.5. The first-order chi connectivity index (χ1) is 17.2. The van der Waals surface area contributed by atoms with E-state index >= 15 is 0 Å². The molecule has 2 rings (SSSR count). The Morgan fingerprint density at radius 1 is 0.861 bits per heavy atom. The normalized spacial score (nSPS) is 12.2. The van der Waals surface area contributed by atoms with E-state index in [1.54, 1.807) is 36.4 Å². The van der Waals surface area contributed by atoms with E-state index in [2.05, 4.69) is 10.6 Å². The number of amidine groups is 1. The number of aryl methyl sites for hydroxylation is 1. The highest BCUT2D eigenvalue weighted by Gasteiger charge is 2.28. The average molecular weight is 497 g/mol. The molecule has 0 spiro atoms. The predicted molar refractivity (Wildman–Crippen MR) is 134 cm³/mol. The van der Waals surface area contributed by atoms with E-state index in [1.807, 2.05) is 18.2 Å². The molecule has 0 unspecified atom stereocenters. The Kier molecular flexibility index (Phi) is 11.1. The number of carbonyl (C=O) groups excluding carboxylic acids is 2. The van der Waals surface area contributed by atoms with Gasteiger partial charge in [-0.2, -0.15) is 0 Å². The van der Waals surface area contributed by atoms with E-state index in [-0.39, 0.29) is 18.7 Å². The number of nitrogen functional groups attached to an aromatic ring is 1. The summed E-state index contributed by atoms with van der Waals surface area (Å²) in [5.41, 5.74) is 7.89. The molecule has 7 N–H and O–H groups in total. The van der Waals surface area contributed by atoms with Crippen LogP contribution in [-0.4, -0.2) is 51.9 Å². The second kappa shape index (κ2) is 14.2. The SMILES string of the molecule is N=C(N)c1cccc(CCCCCC(=O)N[C@@H](CC(=O)O)C(=O)N[C@@H](Cc2ccccc2)C(=O)O)c1. The van der Waals surface area contributed by atoms with Crippen LogP contribution in [0.3, 0.4) is 0 Å². The third-order valence-electron chi connectivity index (χ3n) is 5.53. The molecule has 2 amide bonds. The first-order valence-corrected chi connectivity index (χ1v) is 11.7. The molecule has 0 radical (unpaired) electrons. The van der Waals surface area contributed by atoms with Gasteiger partial charge in [0.2, 0.25) is 11.8 Å². The first-order valence-electron chi connectivity index (χ1n) is 11.7. The van der Waals surface area contributed by atoms with Gasteiger partial charge in [0.25, 0.3) is 0 Å². The van der Waals surface area contributed by atoms with Crippen LogP contribution in [0.5, 0.6) is 0 Å². The molecule has 36 heavy (non-hydrogen) atoms. The van der Waals surface area contributed by atoms with Crippen LogP contribution >= 0.6 is 0 Å². The predicted octanol–water partition coefficient (Wildman–Crippen LogP) is 1.85. The van der Waals surface area contributed by atoms with Crippen LogP contribution in [0.15, 0.2) is 54.6 Å². The maximum absolute atomic E-state index is 12.7. The summed E-state index contributed by atoms with van der Waals surface area (Å²) in [5.74, 6) is -3.90. The molecule has 10 heteroatoms. The van der Waals surface area contributed by atoms with E-state index in [0.717, 1.165) is 24.8 Å². The zero-order valence-corrected chi connectivity index (χ0v) is 19.9. The van der Waals surface area contributed by atoms with Gasteiger partial charge in [-0.25, -0.2) is 4.79 Å². The van der Waals surface area contributed by atoms with Gasteiger partial charge in [0.1, 0.15) is 17.9 Å². The van der Waals surface area contributed by atoms with Crippen LogP contribution in [0.4, 0.5) is 0 Å². The topological polar surface area (TPSA) is 183 Å². The van der Waals surface area contributed by atoms with E-state index < -0.39 is 42.3 Å². The van der Waals surface area contributed by atoms with Crippen LogP contribution in [0.25, 0.3) is 0 Å². The number of nitrogens with two attached hydrogens (primary N) is 1. The smallest absolute Gasteiger partial charge is 0.326 e. The van der Waals surface area contributed by atoms with Crippen LogP contribution in [0, 0.1) is 5.41 Å². The fraction of sp³-hybridized carbons (Fsp3) is 0.346. The molecule has 0 aliphatic rings. The van der Waals surface area contributed by atoms with Gasteiger partial charge >= 0.3 is 11.9 Å². The van der Waals surface area contributed by atoms with Crippen molar-refractivity contribution in [3.63, 3.8) is 0 Å². The average Bonchev–Trinajstić information content (AvgIpc) is 2.83. The maximum Gasteiger partial charge on any atom is 0.326 e. The molecule has 0 bridgehead atoms. The number of unbranched alkanes of at least 4 members (excludes halogenated alkanes) is 2. The number of rotatable bonds is 15. The minimum absolute atomic E-state index is 0.00298. The van der Waals surface area contributed by atoms with Crippen molar-refractivity contribution in [2.45, 2.75) is 57.0 Å². The summed E-state index contributed by atoms with van der Waals surface area (Å²) in [6, 6.07) is 13.4. The Morgan fingerprint density at radius 2 is 1.56 bits per heavy atom. The molecule has 0 aliphatic carbocycles. The summed E-state index contributed by atoms with van der Waals surface area (Å²) in [5, 5.41) is 30.9. The van der Waals surface area contributed by atoms with Gasteiger partial charge in [0, 0.05) is 18.4 Å². The Morgan fingerprint density at radius 3 is 2.19 bits per heavy atom. The summed E-state index contributed by atoms with van der Waals surface area (Å²) < 4.78 is 0. The minimum Gasteiger partial charge on any atom is -0.481 e. The van der Waals surface area contributed by atoms with Crippen molar-refractivity contribution in [2.75, 3.05) is 0 Å². The van der Waals surface area contributed by atoms with Gasteiger partial charge in [-0.15, -0.1) is 0 Å². The summed E-state index contributed by atoms with van der Waals surface area (Å²) >= 11 is 0. The van der Waals surface area contributed by atoms with Gasteiger partial charge in [-0.1, -0.05) is 55.0 Å². The van der Waals surface area contributed by atoms with Crippen molar-refractivity contribution in [1.29, 1.82) is 5.41 Å². The number of benzene rings is 2. The number of carboxylic acid groups (broad SMARTS) is 2. The number of aliphatic carboxylic acids is 2. The monoisotopic (exact) mass is 496 g/mol. The zero-order valence-electron chi connectivity index (χ0n) is 19.9. The molecule has 0 fully saturated rings. The molecule has 0 aromatic heterocycles. The van der Waals surface area contributed by atoms with Gasteiger partial charge in [-0.05, 0) is 36.5 Å². The number of hydrogen-bond acceptors (Lipinski definition) is 5. The van der Waals surface area contributed by atoms with Crippen molar-refractivity contribution in [1.82, 2.24) is 10.6 Å². The number of carbonyl (C=O) groups is 4. The van der Waals surface area contributed by atoms with Crippen molar-refractivity contribution in [3.05, 3.63) is 71.3 Å². The van der Waals surface area contributed by atoms with Crippen LogP contribution in [0.2, 0.25) is 0 Å². The largest absolute Gasteiger partial charge is 0.481 e. The highest BCUT2D eigenvalue weighted by atomic mass is 16.4. The fourth-order valence-electron chi connectivity index (χ4n) is 3.66. The highest BCUT2D eigenvalue weighted by Crippen LogP contribution is 2.11. The molecule has 0 saturated carbocycles. The quantitative estimate of drug-likeness (QED) is 0.123. The Labute approximate surface area is 209 Å². The van der Waals surface area contributed by atoms with Crippen LogP contribution in [0.1, 0.15) is 48.8 Å². The summed E-state index contributed by atoms with van der Waals surface area (Å²) in [6.07, 6.45) is 2.27. The van der Waals surface area contributed by atoms with Crippen molar-refractivity contribution < 1.29 is 29.4 Å². The second-order valence-electron chi connectivity index (χ2n) is 8.48. The van der Waals surface area contributed by atoms with E-state index in [0.29, 0.717) is 17.5 Å². The minimum atomic E-state index is -1.39. The number of hydrogen-bond donors (Lipinski definition) is 6. The first kappa shape index (κ1) is 28.0. The molecule has 0 heterocycles. The van der Waals surface area contributed by atoms with Gasteiger partial charge in [0.05, 0.1) is 6.42 Å². The molecule has 0 saturated heterocycles. The van der Waals surface area contributed by atoms with Crippen LogP contribution in [-0.2, 0) is 32.0 Å². The molecule has 2 atom stereocenters. The van der Waals surface area contributed by atoms with E-state index in [4.69, 9.17) is 16.2 Å². The molecular formula is C26H32N4O6. The highest BCUT2D eigenvalue weighted by molar-refractivity contribution is 5.95. The molecule has 10 nitrogen and oxygen atoms in total.